The lowest BCUT2D eigenvalue weighted by molar-refractivity contribution is -0.114. The van der Waals surface area contributed by atoms with E-state index >= 15 is 0 Å². The molecule has 0 aliphatic rings. The molecule has 10 nitrogen and oxygen atoms in total. The summed E-state index contributed by atoms with van der Waals surface area (Å²) in [5, 5.41) is 2.51. The van der Waals surface area contributed by atoms with Crippen molar-refractivity contribution in [3.05, 3.63) is 48.0 Å². The summed E-state index contributed by atoms with van der Waals surface area (Å²) < 4.78 is 58.2. The van der Waals surface area contributed by atoms with Gasteiger partial charge in [-0.2, -0.15) is 0 Å². The molecule has 180 valence electrons. The van der Waals surface area contributed by atoms with E-state index in [-0.39, 0.29) is 33.8 Å². The number of hydrogen-bond acceptors (Lipinski definition) is 7. The second-order valence-electron chi connectivity index (χ2n) is 7.56. The van der Waals surface area contributed by atoms with Gasteiger partial charge < -0.3 is 10.1 Å². The van der Waals surface area contributed by atoms with Crippen LogP contribution in [0.15, 0.2) is 47.4 Å². The molecule has 2 rings (SSSR count). The number of hydrogen-bond donors (Lipinski definition) is 2. The number of methoxy groups -OCH3 is 1. The van der Waals surface area contributed by atoms with E-state index in [1.165, 1.54) is 56.5 Å². The molecule has 0 saturated heterocycles. The van der Waals surface area contributed by atoms with Crippen LogP contribution in [0.1, 0.15) is 31.1 Å². The Morgan fingerprint density at radius 3 is 2.27 bits per heavy atom. The van der Waals surface area contributed by atoms with E-state index in [4.69, 9.17) is 4.74 Å². The molecule has 2 aromatic rings. The molecule has 0 atom stereocenters. The molecule has 0 aliphatic heterocycles. The molecule has 0 unspecified atom stereocenters. The zero-order valence-electron chi connectivity index (χ0n) is 18.9. The van der Waals surface area contributed by atoms with E-state index in [0.29, 0.717) is 5.56 Å². The van der Waals surface area contributed by atoms with Crippen molar-refractivity contribution in [1.82, 2.24) is 4.72 Å². The van der Waals surface area contributed by atoms with Gasteiger partial charge >= 0.3 is 0 Å². The highest BCUT2D eigenvalue weighted by Gasteiger charge is 2.23. The lowest BCUT2D eigenvalue weighted by atomic mass is 10.1. The number of nitrogens with one attached hydrogen (secondary N) is 2. The van der Waals surface area contributed by atoms with Crippen molar-refractivity contribution in [2.75, 3.05) is 29.5 Å². The van der Waals surface area contributed by atoms with Gasteiger partial charge in [-0.15, -0.1) is 0 Å². The van der Waals surface area contributed by atoms with Gasteiger partial charge in [-0.3, -0.25) is 13.9 Å². The molecular formula is C21H27N3O7S2. The molecule has 0 spiro atoms. The number of ether oxygens (including phenoxy) is 1. The topological polar surface area (TPSA) is 139 Å². The Labute approximate surface area is 194 Å². The van der Waals surface area contributed by atoms with E-state index in [0.717, 1.165) is 10.6 Å². The van der Waals surface area contributed by atoms with Crippen LogP contribution >= 0.6 is 0 Å². The van der Waals surface area contributed by atoms with Gasteiger partial charge in [-0.05, 0) is 51.1 Å². The zero-order valence-corrected chi connectivity index (χ0v) is 20.6. The van der Waals surface area contributed by atoms with Crippen LogP contribution in [0.2, 0.25) is 0 Å². The quantitative estimate of drug-likeness (QED) is 0.479. The SMILES string of the molecule is COc1ccc(S(=O)(=O)NC(C)C)cc1NC(=O)CN(c1cccc(C(C)=O)c1)S(C)(=O)=O. The van der Waals surface area contributed by atoms with Crippen molar-refractivity contribution < 1.29 is 31.2 Å². The standard InChI is InChI=1S/C21H27N3O7S2/c1-14(2)23-33(29,30)18-9-10-20(31-4)19(12-18)22-21(26)13-24(32(5,27)28)17-8-6-7-16(11-17)15(3)25/h6-12,14,23H,13H2,1-5H3,(H,22,26). The lowest BCUT2D eigenvalue weighted by Crippen LogP contribution is -2.37. The van der Waals surface area contributed by atoms with Crippen molar-refractivity contribution in [3.63, 3.8) is 0 Å². The molecule has 12 heteroatoms. The summed E-state index contributed by atoms with van der Waals surface area (Å²) in [4.78, 5) is 24.3. The molecule has 0 fully saturated rings. The minimum absolute atomic E-state index is 0.0556. The second kappa shape index (κ2) is 10.3. The fraction of sp³-hybridized carbons (Fsp3) is 0.333. The Hall–Kier alpha value is -2.96. The second-order valence-corrected chi connectivity index (χ2v) is 11.2. The molecule has 1 amide bonds. The van der Waals surface area contributed by atoms with Crippen molar-refractivity contribution in [1.29, 1.82) is 0 Å². The number of nitrogens with zero attached hydrogens (tertiary/aromatic N) is 1. The first-order chi connectivity index (χ1) is 15.2. The van der Waals surface area contributed by atoms with Crippen molar-refractivity contribution in [2.45, 2.75) is 31.7 Å². The van der Waals surface area contributed by atoms with Gasteiger partial charge in [0.25, 0.3) is 0 Å². The minimum Gasteiger partial charge on any atom is -0.495 e. The largest absolute Gasteiger partial charge is 0.495 e. The molecular weight excluding hydrogens is 470 g/mol. The smallest absolute Gasteiger partial charge is 0.245 e. The van der Waals surface area contributed by atoms with Gasteiger partial charge in [0.2, 0.25) is 26.0 Å². The van der Waals surface area contributed by atoms with E-state index in [1.807, 2.05) is 0 Å². The first kappa shape index (κ1) is 26.3. The first-order valence-electron chi connectivity index (χ1n) is 9.83. The summed E-state index contributed by atoms with van der Waals surface area (Å²) in [5.74, 6) is -0.804. The first-order valence-corrected chi connectivity index (χ1v) is 13.2. The highest BCUT2D eigenvalue weighted by molar-refractivity contribution is 7.92. The Morgan fingerprint density at radius 2 is 1.73 bits per heavy atom. The molecule has 0 saturated carbocycles. The fourth-order valence-electron chi connectivity index (χ4n) is 2.93. The number of Topliss-reactive ketones (excluding diaryl/α,β-unsaturated/α-hetero) is 1. The van der Waals surface area contributed by atoms with Crippen LogP contribution in [-0.2, 0) is 24.8 Å². The van der Waals surface area contributed by atoms with Gasteiger partial charge in [0.05, 0.1) is 29.6 Å². The van der Waals surface area contributed by atoms with E-state index in [2.05, 4.69) is 10.0 Å². The highest BCUT2D eigenvalue weighted by Crippen LogP contribution is 2.28. The third-order valence-electron chi connectivity index (χ3n) is 4.37. The van der Waals surface area contributed by atoms with Crippen LogP contribution < -0.4 is 19.1 Å². The average Bonchev–Trinajstić information content (AvgIpc) is 2.70. The van der Waals surface area contributed by atoms with Crippen LogP contribution in [0.25, 0.3) is 0 Å². The molecule has 0 radical (unpaired) electrons. The highest BCUT2D eigenvalue weighted by atomic mass is 32.2. The summed E-state index contributed by atoms with van der Waals surface area (Å²) in [5.41, 5.74) is 0.489. The number of sulfonamides is 2. The molecule has 2 aromatic carbocycles. The summed E-state index contributed by atoms with van der Waals surface area (Å²) >= 11 is 0. The summed E-state index contributed by atoms with van der Waals surface area (Å²) in [6, 6.07) is 9.49. The maximum atomic E-state index is 12.8. The summed E-state index contributed by atoms with van der Waals surface area (Å²) in [6.45, 7) is 4.08. The number of anilines is 2. The van der Waals surface area contributed by atoms with Crippen LogP contribution in [-0.4, -0.2) is 54.5 Å². The Morgan fingerprint density at radius 1 is 1.06 bits per heavy atom. The number of rotatable bonds is 10. The van der Waals surface area contributed by atoms with E-state index in [9.17, 15) is 26.4 Å². The van der Waals surface area contributed by atoms with Gasteiger partial charge in [0, 0.05) is 11.6 Å². The van der Waals surface area contributed by atoms with Crippen molar-refractivity contribution >= 4 is 43.1 Å². The van der Waals surface area contributed by atoms with E-state index in [1.54, 1.807) is 13.8 Å². The number of carbonyl (C=O) groups excluding carboxylic acids is 2. The fourth-order valence-corrected chi connectivity index (χ4v) is 5.06. The van der Waals surface area contributed by atoms with E-state index < -0.39 is 32.5 Å². The maximum Gasteiger partial charge on any atom is 0.245 e. The van der Waals surface area contributed by atoms with Crippen molar-refractivity contribution in [3.8, 4) is 5.75 Å². The lowest BCUT2D eigenvalue weighted by Gasteiger charge is -2.22. The molecule has 0 bridgehead atoms. The Kier molecular flexibility index (Phi) is 8.22. The number of carbonyl (C=O) groups is 2. The predicted molar refractivity (Wildman–Crippen MR) is 126 cm³/mol. The number of amides is 1. The van der Waals surface area contributed by atoms with Crippen molar-refractivity contribution in [2.24, 2.45) is 0 Å². The van der Waals surface area contributed by atoms with Crippen LogP contribution in [0.5, 0.6) is 5.75 Å². The summed E-state index contributed by atoms with van der Waals surface area (Å²) in [6.07, 6.45) is 0.937. The number of ketones is 1. The molecule has 2 N–H and O–H groups in total. The summed E-state index contributed by atoms with van der Waals surface area (Å²) in [7, 11) is -6.38. The average molecular weight is 498 g/mol. The Balaban J connectivity index is 2.37. The maximum absolute atomic E-state index is 12.8. The van der Waals surface area contributed by atoms with Gasteiger partial charge in [0.15, 0.2) is 5.78 Å². The van der Waals surface area contributed by atoms with Gasteiger partial charge in [0.1, 0.15) is 12.3 Å². The Bertz CT molecular complexity index is 1260. The van der Waals surface area contributed by atoms with Crippen LogP contribution in [0.4, 0.5) is 11.4 Å². The van der Waals surface area contributed by atoms with Crippen LogP contribution in [0.3, 0.4) is 0 Å². The predicted octanol–water partition coefficient (Wildman–Crippen LogP) is 1.99. The molecule has 33 heavy (non-hydrogen) atoms. The molecule has 0 aliphatic carbocycles. The van der Waals surface area contributed by atoms with Gasteiger partial charge in [-0.1, -0.05) is 12.1 Å². The van der Waals surface area contributed by atoms with Crippen LogP contribution in [0, 0.1) is 0 Å². The van der Waals surface area contributed by atoms with Gasteiger partial charge in [-0.25, -0.2) is 21.6 Å². The monoisotopic (exact) mass is 497 g/mol. The minimum atomic E-state index is -3.88. The molecule has 0 heterocycles. The molecule has 0 aromatic heterocycles. The normalized spacial score (nSPS) is 11.8. The zero-order chi connectivity index (χ0) is 25.0. The number of benzene rings is 2. The third-order valence-corrected chi connectivity index (χ3v) is 7.17. The third kappa shape index (κ3) is 7.01.